The number of alkyl halides is 1. The van der Waals surface area contributed by atoms with Gasteiger partial charge >= 0.3 is 0 Å². The fourth-order valence-corrected chi connectivity index (χ4v) is 4.18. The highest BCUT2D eigenvalue weighted by molar-refractivity contribution is 9.09. The maximum absolute atomic E-state index is 6.11. The Morgan fingerprint density at radius 1 is 1.31 bits per heavy atom. The van der Waals surface area contributed by atoms with Crippen molar-refractivity contribution < 1.29 is 4.74 Å². The molecular formula is C13H14BrClO. The van der Waals surface area contributed by atoms with Crippen LogP contribution < -0.4 is 0 Å². The largest absolute Gasteiger partial charge is 0.369 e. The van der Waals surface area contributed by atoms with E-state index in [0.29, 0.717) is 4.83 Å². The summed E-state index contributed by atoms with van der Waals surface area (Å²) in [6, 6.07) is 8.11. The lowest BCUT2D eigenvalue weighted by molar-refractivity contribution is -0.143. The molecule has 3 atom stereocenters. The molecule has 3 heteroatoms. The minimum absolute atomic E-state index is 0.112. The molecule has 3 unspecified atom stereocenters. The standard InChI is InChI=1S/C13H14BrClO/c14-12-7-9-5-6-13(12,16-8-9)10-1-3-11(15)4-2-10/h1-4,9,12H,5-8H2. The van der Waals surface area contributed by atoms with Gasteiger partial charge in [0, 0.05) is 9.85 Å². The summed E-state index contributed by atoms with van der Waals surface area (Å²) in [5.41, 5.74) is 1.15. The van der Waals surface area contributed by atoms with Crippen LogP contribution in [0.2, 0.25) is 5.02 Å². The molecule has 2 aliphatic heterocycles. The van der Waals surface area contributed by atoms with Gasteiger partial charge in [-0.3, -0.25) is 0 Å². The average molecular weight is 302 g/mol. The van der Waals surface area contributed by atoms with Crippen molar-refractivity contribution in [3.63, 3.8) is 0 Å². The van der Waals surface area contributed by atoms with E-state index >= 15 is 0 Å². The lowest BCUT2D eigenvalue weighted by Crippen LogP contribution is -2.50. The Morgan fingerprint density at radius 2 is 2.06 bits per heavy atom. The van der Waals surface area contributed by atoms with Gasteiger partial charge in [0.1, 0.15) is 5.60 Å². The Bertz CT molecular complexity index is 381. The van der Waals surface area contributed by atoms with Crippen LogP contribution in [0.3, 0.4) is 0 Å². The van der Waals surface area contributed by atoms with Gasteiger partial charge in [-0.05, 0) is 42.9 Å². The second-order valence-electron chi connectivity index (χ2n) is 4.82. The van der Waals surface area contributed by atoms with Crippen LogP contribution in [-0.4, -0.2) is 11.4 Å². The summed E-state index contributed by atoms with van der Waals surface area (Å²) < 4.78 is 6.11. The minimum Gasteiger partial charge on any atom is -0.369 e. The van der Waals surface area contributed by atoms with Crippen molar-refractivity contribution in [2.75, 3.05) is 6.61 Å². The summed E-state index contributed by atoms with van der Waals surface area (Å²) in [6.45, 7) is 0.907. The Labute approximate surface area is 109 Å². The predicted octanol–water partition coefficient (Wildman–Crippen LogP) is 4.13. The zero-order chi connectivity index (χ0) is 11.2. The van der Waals surface area contributed by atoms with Crippen LogP contribution in [0.5, 0.6) is 0 Å². The van der Waals surface area contributed by atoms with Crippen LogP contribution in [0.25, 0.3) is 0 Å². The lowest BCUT2D eigenvalue weighted by Gasteiger charge is -2.50. The SMILES string of the molecule is Clc1ccc(C23CCC(CO2)CC3Br)cc1. The van der Waals surface area contributed by atoms with E-state index in [4.69, 9.17) is 16.3 Å². The van der Waals surface area contributed by atoms with Crippen molar-refractivity contribution >= 4 is 27.5 Å². The third-order valence-corrected chi connectivity index (χ3v) is 5.25. The molecule has 2 saturated heterocycles. The van der Waals surface area contributed by atoms with Gasteiger partial charge in [-0.2, -0.15) is 0 Å². The van der Waals surface area contributed by atoms with E-state index < -0.39 is 0 Å². The van der Waals surface area contributed by atoms with Gasteiger partial charge in [0.2, 0.25) is 0 Å². The topological polar surface area (TPSA) is 9.23 Å². The molecule has 1 nitrogen and oxygen atoms in total. The normalized spacial score (nSPS) is 37.6. The van der Waals surface area contributed by atoms with E-state index in [1.807, 2.05) is 12.1 Å². The predicted molar refractivity (Wildman–Crippen MR) is 69.1 cm³/mol. The zero-order valence-electron chi connectivity index (χ0n) is 8.96. The van der Waals surface area contributed by atoms with Gasteiger partial charge in [-0.1, -0.05) is 39.7 Å². The monoisotopic (exact) mass is 300 g/mol. The molecule has 0 radical (unpaired) electrons. The molecule has 4 rings (SSSR count). The first-order valence-corrected chi connectivity index (χ1v) is 7.04. The van der Waals surface area contributed by atoms with Crippen LogP contribution in [0.1, 0.15) is 24.8 Å². The second-order valence-corrected chi connectivity index (χ2v) is 6.36. The summed E-state index contributed by atoms with van der Waals surface area (Å²) in [5.74, 6) is 0.749. The summed E-state index contributed by atoms with van der Waals surface area (Å²) in [4.78, 5) is 0.439. The van der Waals surface area contributed by atoms with E-state index in [1.165, 1.54) is 18.4 Å². The van der Waals surface area contributed by atoms with Gasteiger partial charge < -0.3 is 4.74 Å². The fourth-order valence-electron chi connectivity index (χ4n) is 2.90. The molecule has 0 aromatic heterocycles. The van der Waals surface area contributed by atoms with Crippen molar-refractivity contribution in [2.24, 2.45) is 5.92 Å². The number of ether oxygens (including phenoxy) is 1. The number of hydrogen-bond acceptors (Lipinski definition) is 1. The first-order valence-electron chi connectivity index (χ1n) is 5.75. The van der Waals surface area contributed by atoms with Crippen molar-refractivity contribution in [1.82, 2.24) is 0 Å². The van der Waals surface area contributed by atoms with Crippen molar-refractivity contribution in [1.29, 1.82) is 0 Å². The van der Waals surface area contributed by atoms with Crippen molar-refractivity contribution in [3.05, 3.63) is 34.9 Å². The van der Waals surface area contributed by atoms with E-state index in [0.717, 1.165) is 24.0 Å². The molecular weight excluding hydrogens is 287 g/mol. The minimum atomic E-state index is -0.112. The molecule has 0 spiro atoms. The van der Waals surface area contributed by atoms with Crippen LogP contribution in [0.4, 0.5) is 0 Å². The Balaban J connectivity index is 1.99. The van der Waals surface area contributed by atoms with E-state index in [2.05, 4.69) is 28.1 Å². The van der Waals surface area contributed by atoms with Crippen LogP contribution >= 0.6 is 27.5 Å². The van der Waals surface area contributed by atoms with E-state index in [1.54, 1.807) is 0 Å². The van der Waals surface area contributed by atoms with Gasteiger partial charge in [-0.15, -0.1) is 0 Å². The van der Waals surface area contributed by atoms with Gasteiger partial charge in [0.15, 0.2) is 0 Å². The summed E-state index contributed by atoms with van der Waals surface area (Å²) in [6.07, 6.45) is 3.63. The Hall–Kier alpha value is -0.0500. The summed E-state index contributed by atoms with van der Waals surface area (Å²) in [5, 5.41) is 0.788. The molecule has 0 N–H and O–H groups in total. The molecule has 2 bridgehead atoms. The third-order valence-electron chi connectivity index (χ3n) is 3.88. The number of halogens is 2. The highest BCUT2D eigenvalue weighted by atomic mass is 79.9. The molecule has 3 aliphatic rings. The maximum Gasteiger partial charge on any atom is 0.106 e. The Kier molecular flexibility index (Phi) is 2.77. The highest BCUT2D eigenvalue weighted by Gasteiger charge is 2.49. The smallest absolute Gasteiger partial charge is 0.106 e. The van der Waals surface area contributed by atoms with Crippen molar-refractivity contribution in [3.8, 4) is 0 Å². The lowest BCUT2D eigenvalue weighted by atomic mass is 9.72. The first kappa shape index (κ1) is 11.1. The second kappa shape index (κ2) is 4.01. The quantitative estimate of drug-likeness (QED) is 0.709. The summed E-state index contributed by atoms with van der Waals surface area (Å²) in [7, 11) is 0. The molecule has 1 aromatic rings. The zero-order valence-corrected chi connectivity index (χ0v) is 11.3. The number of hydrogen-bond donors (Lipinski definition) is 0. The van der Waals surface area contributed by atoms with Gasteiger partial charge in [-0.25, -0.2) is 0 Å². The number of benzene rings is 1. The molecule has 2 heterocycles. The first-order chi connectivity index (χ1) is 7.71. The molecule has 86 valence electrons. The highest BCUT2D eigenvalue weighted by Crippen LogP contribution is 2.50. The molecule has 1 aromatic carbocycles. The summed E-state index contributed by atoms with van der Waals surface area (Å²) >= 11 is 9.73. The third kappa shape index (κ3) is 1.62. The van der Waals surface area contributed by atoms with Crippen LogP contribution in [0, 0.1) is 5.92 Å². The Morgan fingerprint density at radius 3 is 2.62 bits per heavy atom. The molecule has 1 aliphatic carbocycles. The van der Waals surface area contributed by atoms with Crippen molar-refractivity contribution in [2.45, 2.75) is 29.7 Å². The fraction of sp³-hybridized carbons (Fsp3) is 0.538. The molecule has 3 fully saturated rings. The van der Waals surface area contributed by atoms with Gasteiger partial charge in [0.25, 0.3) is 0 Å². The van der Waals surface area contributed by atoms with Crippen LogP contribution in [-0.2, 0) is 10.3 Å². The van der Waals surface area contributed by atoms with Crippen LogP contribution in [0.15, 0.2) is 24.3 Å². The van der Waals surface area contributed by atoms with E-state index in [9.17, 15) is 0 Å². The average Bonchev–Trinajstić information content (AvgIpc) is 2.31. The molecule has 16 heavy (non-hydrogen) atoms. The van der Waals surface area contributed by atoms with E-state index in [-0.39, 0.29) is 5.60 Å². The number of fused-ring (bicyclic) bond motifs is 3. The molecule has 0 amide bonds. The maximum atomic E-state index is 6.11. The number of rotatable bonds is 1. The van der Waals surface area contributed by atoms with Gasteiger partial charge in [0.05, 0.1) is 6.61 Å². The molecule has 1 saturated carbocycles.